The van der Waals surface area contributed by atoms with Crippen LogP contribution in [0, 0.1) is 5.92 Å². The molecule has 0 radical (unpaired) electrons. The normalized spacial score (nSPS) is 21.2. The lowest BCUT2D eigenvalue weighted by Gasteiger charge is -2.06. The quantitative estimate of drug-likeness (QED) is 0.728. The zero-order valence-corrected chi connectivity index (χ0v) is 8.33. The van der Waals surface area contributed by atoms with E-state index in [1.54, 1.807) is 12.4 Å². The second-order valence-electron chi connectivity index (χ2n) is 3.87. The number of rotatable bonds is 2. The minimum atomic E-state index is 0.572. The Bertz CT molecular complexity index is 461. The maximum Gasteiger partial charge on any atom is 0.131 e. The van der Waals surface area contributed by atoms with Gasteiger partial charge in [0.25, 0.3) is 0 Å². The number of hydrogen-bond acceptors (Lipinski definition) is 4. The molecule has 5 heteroatoms. The molecule has 1 aliphatic heterocycles. The Morgan fingerprint density at radius 1 is 1.53 bits per heavy atom. The van der Waals surface area contributed by atoms with Gasteiger partial charge in [0.1, 0.15) is 5.52 Å². The van der Waals surface area contributed by atoms with E-state index in [1.165, 1.54) is 0 Å². The summed E-state index contributed by atoms with van der Waals surface area (Å²) in [5.41, 5.74) is 1.91. The minimum Gasteiger partial charge on any atom is -0.381 e. The third kappa shape index (κ3) is 1.59. The van der Waals surface area contributed by atoms with Crippen LogP contribution in [0.2, 0.25) is 0 Å². The van der Waals surface area contributed by atoms with Crippen molar-refractivity contribution >= 4 is 11.0 Å². The number of hydrogen-bond donors (Lipinski definition) is 0. The molecule has 0 aromatic carbocycles. The van der Waals surface area contributed by atoms with Gasteiger partial charge in [0.05, 0.1) is 18.3 Å². The first-order valence-electron chi connectivity index (χ1n) is 5.14. The predicted octanol–water partition coefficient (Wildman–Crippen LogP) is 0.863. The monoisotopic (exact) mass is 204 g/mol. The Morgan fingerprint density at radius 2 is 2.53 bits per heavy atom. The molecule has 2 aromatic heterocycles. The number of pyridine rings is 1. The lowest BCUT2D eigenvalue weighted by Crippen LogP contribution is -2.11. The summed E-state index contributed by atoms with van der Waals surface area (Å²) in [7, 11) is 0. The van der Waals surface area contributed by atoms with Gasteiger partial charge in [0.15, 0.2) is 0 Å². The van der Waals surface area contributed by atoms with Crippen molar-refractivity contribution in [1.29, 1.82) is 0 Å². The zero-order chi connectivity index (χ0) is 10.1. The van der Waals surface area contributed by atoms with Crippen molar-refractivity contribution < 1.29 is 4.74 Å². The number of ether oxygens (including phenoxy) is 1. The summed E-state index contributed by atoms with van der Waals surface area (Å²) in [4.78, 5) is 4.02. The van der Waals surface area contributed by atoms with Crippen molar-refractivity contribution in [3.8, 4) is 0 Å². The third-order valence-electron chi connectivity index (χ3n) is 2.77. The van der Waals surface area contributed by atoms with Crippen LogP contribution in [0.5, 0.6) is 0 Å². The second kappa shape index (κ2) is 3.58. The van der Waals surface area contributed by atoms with Crippen molar-refractivity contribution in [3.63, 3.8) is 0 Å². The van der Waals surface area contributed by atoms with Crippen LogP contribution in [-0.2, 0) is 11.3 Å². The Balaban J connectivity index is 1.90. The lowest BCUT2D eigenvalue weighted by atomic mass is 10.1. The van der Waals surface area contributed by atoms with Gasteiger partial charge in [-0.1, -0.05) is 5.21 Å². The molecule has 0 aliphatic carbocycles. The van der Waals surface area contributed by atoms with Gasteiger partial charge >= 0.3 is 0 Å². The summed E-state index contributed by atoms with van der Waals surface area (Å²) in [6.45, 7) is 2.60. The van der Waals surface area contributed by atoms with Gasteiger partial charge in [-0.05, 0) is 12.5 Å². The Kier molecular flexibility index (Phi) is 2.10. The van der Waals surface area contributed by atoms with Crippen molar-refractivity contribution in [3.05, 3.63) is 18.5 Å². The molecule has 1 unspecified atom stereocenters. The first-order chi connectivity index (χ1) is 7.43. The van der Waals surface area contributed by atoms with Crippen molar-refractivity contribution in [2.24, 2.45) is 5.92 Å². The third-order valence-corrected chi connectivity index (χ3v) is 2.77. The van der Waals surface area contributed by atoms with Gasteiger partial charge < -0.3 is 4.74 Å². The molecule has 15 heavy (non-hydrogen) atoms. The molecule has 0 bridgehead atoms. The standard InChI is InChI=1S/C10H12N4O/c1-3-11-5-9-10(1)14(13-12-9)6-8-2-4-15-7-8/h1,3,5,8H,2,4,6-7H2. The van der Waals surface area contributed by atoms with E-state index in [4.69, 9.17) is 4.74 Å². The van der Waals surface area contributed by atoms with E-state index in [0.29, 0.717) is 5.92 Å². The van der Waals surface area contributed by atoms with E-state index in [1.807, 2.05) is 10.7 Å². The summed E-state index contributed by atoms with van der Waals surface area (Å²) in [6, 6.07) is 1.95. The maximum atomic E-state index is 5.34. The van der Waals surface area contributed by atoms with Crippen LogP contribution in [0.15, 0.2) is 18.5 Å². The van der Waals surface area contributed by atoms with E-state index in [0.717, 1.165) is 37.2 Å². The lowest BCUT2D eigenvalue weighted by molar-refractivity contribution is 0.181. The van der Waals surface area contributed by atoms with Crippen LogP contribution in [0.4, 0.5) is 0 Å². The molecular formula is C10H12N4O. The molecule has 0 amide bonds. The van der Waals surface area contributed by atoms with Gasteiger partial charge in [0, 0.05) is 25.3 Å². The highest BCUT2D eigenvalue weighted by Crippen LogP contribution is 2.16. The molecule has 0 saturated carbocycles. The maximum absolute atomic E-state index is 5.34. The minimum absolute atomic E-state index is 0.572. The number of fused-ring (bicyclic) bond motifs is 1. The average Bonchev–Trinajstić information content (AvgIpc) is 2.89. The van der Waals surface area contributed by atoms with Crippen molar-refractivity contribution in [2.75, 3.05) is 13.2 Å². The summed E-state index contributed by atoms with van der Waals surface area (Å²) in [5.74, 6) is 0.572. The van der Waals surface area contributed by atoms with Crippen LogP contribution < -0.4 is 0 Å². The first-order valence-corrected chi connectivity index (χ1v) is 5.14. The molecule has 1 atom stereocenters. The largest absolute Gasteiger partial charge is 0.381 e. The molecule has 0 spiro atoms. The fourth-order valence-electron chi connectivity index (χ4n) is 1.93. The Morgan fingerprint density at radius 3 is 3.40 bits per heavy atom. The molecule has 5 nitrogen and oxygen atoms in total. The van der Waals surface area contributed by atoms with Crippen LogP contribution in [0.25, 0.3) is 11.0 Å². The Hall–Kier alpha value is -1.49. The fraction of sp³-hybridized carbons (Fsp3) is 0.500. The van der Waals surface area contributed by atoms with Crippen LogP contribution in [0.1, 0.15) is 6.42 Å². The first kappa shape index (κ1) is 8.79. The smallest absolute Gasteiger partial charge is 0.131 e. The Labute approximate surface area is 87.1 Å². The molecule has 1 fully saturated rings. The highest BCUT2D eigenvalue weighted by atomic mass is 16.5. The summed E-state index contributed by atoms with van der Waals surface area (Å²) in [6.07, 6.45) is 4.63. The number of nitrogens with zero attached hydrogens (tertiary/aromatic N) is 4. The van der Waals surface area contributed by atoms with Crippen molar-refractivity contribution in [2.45, 2.75) is 13.0 Å². The van der Waals surface area contributed by atoms with Crippen LogP contribution in [-0.4, -0.2) is 33.2 Å². The number of aromatic nitrogens is 4. The molecule has 3 heterocycles. The van der Waals surface area contributed by atoms with E-state index in [9.17, 15) is 0 Å². The van der Waals surface area contributed by atoms with E-state index < -0.39 is 0 Å². The van der Waals surface area contributed by atoms with Gasteiger partial charge in [-0.15, -0.1) is 5.10 Å². The van der Waals surface area contributed by atoms with Crippen LogP contribution >= 0.6 is 0 Å². The van der Waals surface area contributed by atoms with Crippen molar-refractivity contribution in [1.82, 2.24) is 20.0 Å². The van der Waals surface area contributed by atoms with Crippen LogP contribution in [0.3, 0.4) is 0 Å². The van der Waals surface area contributed by atoms with Gasteiger partial charge in [-0.2, -0.15) is 0 Å². The topological polar surface area (TPSA) is 52.8 Å². The zero-order valence-electron chi connectivity index (χ0n) is 8.33. The fourth-order valence-corrected chi connectivity index (χ4v) is 1.93. The summed E-state index contributed by atoms with van der Waals surface area (Å²) >= 11 is 0. The van der Waals surface area contributed by atoms with Gasteiger partial charge in [0.2, 0.25) is 0 Å². The predicted molar refractivity (Wildman–Crippen MR) is 54.2 cm³/mol. The molecule has 2 aromatic rings. The molecule has 3 rings (SSSR count). The van der Waals surface area contributed by atoms with Gasteiger partial charge in [-0.3, -0.25) is 4.98 Å². The molecule has 78 valence electrons. The summed E-state index contributed by atoms with van der Waals surface area (Å²) < 4.78 is 7.28. The summed E-state index contributed by atoms with van der Waals surface area (Å²) in [5, 5.41) is 8.20. The highest BCUT2D eigenvalue weighted by molar-refractivity contribution is 5.72. The van der Waals surface area contributed by atoms with E-state index >= 15 is 0 Å². The van der Waals surface area contributed by atoms with E-state index in [2.05, 4.69) is 15.3 Å². The SMILES string of the molecule is c1cc2c(cn1)nnn2CC1CCOC1. The highest BCUT2D eigenvalue weighted by Gasteiger charge is 2.17. The molecule has 1 saturated heterocycles. The van der Waals surface area contributed by atoms with E-state index in [-0.39, 0.29) is 0 Å². The molecule has 1 aliphatic rings. The molecule has 0 N–H and O–H groups in total. The molecular weight excluding hydrogens is 192 g/mol. The average molecular weight is 204 g/mol. The second-order valence-corrected chi connectivity index (χ2v) is 3.87. The van der Waals surface area contributed by atoms with Gasteiger partial charge in [-0.25, -0.2) is 4.68 Å².